The smallest absolute Gasteiger partial charge is 0.255 e. The van der Waals surface area contributed by atoms with Crippen LogP contribution in [0, 0.1) is 17.7 Å². The average Bonchev–Trinajstić information content (AvgIpc) is 2.87. The van der Waals surface area contributed by atoms with Crippen molar-refractivity contribution in [1.82, 2.24) is 9.80 Å². The fourth-order valence-electron chi connectivity index (χ4n) is 6.72. The van der Waals surface area contributed by atoms with Crippen LogP contribution in [0.1, 0.15) is 23.1 Å². The topological polar surface area (TPSA) is 165 Å². The van der Waals surface area contributed by atoms with E-state index in [0.29, 0.717) is 28.8 Å². The number of carbonyl (C=O) groups is 3. The lowest BCUT2D eigenvalue weighted by Gasteiger charge is -2.50. The van der Waals surface area contributed by atoms with Gasteiger partial charge in [0.15, 0.2) is 11.4 Å². The molecule has 11 heteroatoms. The first-order valence-corrected chi connectivity index (χ1v) is 13.1. The zero-order valence-electron chi connectivity index (χ0n) is 23.1. The number of nitrogens with zero attached hydrogens (tertiary/aromatic N) is 2. The molecule has 0 radical (unpaired) electrons. The summed E-state index contributed by atoms with van der Waals surface area (Å²) >= 11 is 0. The van der Waals surface area contributed by atoms with Gasteiger partial charge in [0.2, 0.25) is 5.78 Å². The van der Waals surface area contributed by atoms with Gasteiger partial charge in [-0.15, -0.1) is 0 Å². The number of rotatable bonds is 5. The van der Waals surface area contributed by atoms with Crippen LogP contribution in [0.5, 0.6) is 5.75 Å². The molecule has 10 nitrogen and oxygen atoms in total. The van der Waals surface area contributed by atoms with Crippen LogP contribution in [0.3, 0.4) is 0 Å². The number of likely N-dealkylation sites (N-methyl/N-ethyl adjacent to an activating group) is 1. The minimum Gasteiger partial charge on any atom is -0.508 e. The van der Waals surface area contributed by atoms with Gasteiger partial charge in [-0.25, -0.2) is 4.39 Å². The number of phenols is 1. The molecule has 0 heterocycles. The van der Waals surface area contributed by atoms with E-state index in [1.165, 1.54) is 17.0 Å². The van der Waals surface area contributed by atoms with E-state index in [1.807, 2.05) is 19.0 Å². The summed E-state index contributed by atoms with van der Waals surface area (Å²) in [4.78, 5) is 42.6. The van der Waals surface area contributed by atoms with Gasteiger partial charge in [-0.2, -0.15) is 0 Å². The van der Waals surface area contributed by atoms with Crippen LogP contribution in [0.15, 0.2) is 47.2 Å². The quantitative estimate of drug-likeness (QED) is 0.340. The number of phenolic OH excluding ortho intramolecular Hbond substituents is 1. The number of hydrogen-bond acceptors (Lipinski definition) is 9. The molecule has 1 amide bonds. The highest BCUT2D eigenvalue weighted by atomic mass is 19.1. The fraction of sp³-hybridized carbons (Fsp3) is 0.367. The van der Waals surface area contributed by atoms with E-state index in [2.05, 4.69) is 0 Å². The molecule has 1 saturated carbocycles. The van der Waals surface area contributed by atoms with Crippen molar-refractivity contribution in [3.8, 4) is 16.9 Å². The molecule has 0 aromatic heterocycles. The monoisotopic (exact) mass is 565 g/mol. The predicted octanol–water partition coefficient (Wildman–Crippen LogP) is 1.83. The number of halogens is 1. The number of fused-ring (bicyclic) bond motifs is 3. The van der Waals surface area contributed by atoms with E-state index < -0.39 is 58.0 Å². The minimum atomic E-state index is -2.70. The third-order valence-corrected chi connectivity index (χ3v) is 8.45. The number of Topliss-reactive ketones (excluding diaryl/α,β-unsaturated/α-hetero) is 2. The Morgan fingerprint density at radius 2 is 1.78 bits per heavy atom. The van der Waals surface area contributed by atoms with Crippen molar-refractivity contribution in [2.45, 2.75) is 31.0 Å². The summed E-state index contributed by atoms with van der Waals surface area (Å²) < 4.78 is 14.6. The number of amides is 1. The third kappa shape index (κ3) is 4.14. The second-order valence-electron chi connectivity index (χ2n) is 11.5. The average molecular weight is 566 g/mol. The van der Waals surface area contributed by atoms with Crippen LogP contribution in [-0.4, -0.2) is 87.5 Å². The molecule has 2 aromatic carbocycles. The maximum atomic E-state index is 14.6. The van der Waals surface area contributed by atoms with Gasteiger partial charge in [0.25, 0.3) is 5.91 Å². The van der Waals surface area contributed by atoms with Gasteiger partial charge in [-0.05, 0) is 81.8 Å². The number of aliphatic hydroxyl groups excluding tert-OH is 2. The summed E-state index contributed by atoms with van der Waals surface area (Å²) in [5.41, 5.74) is 3.77. The van der Waals surface area contributed by atoms with E-state index in [9.17, 15) is 39.2 Å². The Bertz CT molecular complexity index is 1580. The first-order valence-electron chi connectivity index (χ1n) is 13.1. The fourth-order valence-corrected chi connectivity index (χ4v) is 6.72. The Balaban J connectivity index is 1.71. The van der Waals surface area contributed by atoms with E-state index in [4.69, 9.17) is 5.73 Å². The molecular weight excluding hydrogens is 533 g/mol. The molecule has 0 saturated heterocycles. The lowest BCUT2D eigenvalue weighted by Crippen LogP contribution is -2.65. The number of aliphatic hydroxyl groups is 3. The van der Waals surface area contributed by atoms with Crippen LogP contribution in [0.25, 0.3) is 16.9 Å². The summed E-state index contributed by atoms with van der Waals surface area (Å²) in [6.45, 7) is 0.344. The van der Waals surface area contributed by atoms with Gasteiger partial charge in [0.1, 0.15) is 28.7 Å². The Labute approximate surface area is 235 Å². The SMILES string of the molecule is CN(C)Cc1cc(-c2ccc(O)c3c2C[C@@H]2C[C@@H]4[C@@H](N(C)C)C(=O)C(C(N)=O)=C(O)[C@]4(O)C(=O)C2=C3O)ccc1F. The summed E-state index contributed by atoms with van der Waals surface area (Å²) in [5, 5.41) is 44.9. The number of ketones is 2. The summed E-state index contributed by atoms with van der Waals surface area (Å²) in [7, 11) is 6.72. The second-order valence-corrected chi connectivity index (χ2v) is 11.5. The van der Waals surface area contributed by atoms with E-state index in [1.54, 1.807) is 32.3 Å². The molecule has 6 N–H and O–H groups in total. The molecule has 1 fully saturated rings. The summed E-state index contributed by atoms with van der Waals surface area (Å²) in [6, 6.07) is 6.48. The number of nitrogens with two attached hydrogens (primary N) is 1. The van der Waals surface area contributed by atoms with Crippen molar-refractivity contribution in [2.75, 3.05) is 28.2 Å². The molecule has 216 valence electrons. The second kappa shape index (κ2) is 9.79. The maximum Gasteiger partial charge on any atom is 0.255 e. The number of carbonyl (C=O) groups excluding carboxylic acids is 3. The van der Waals surface area contributed by atoms with Crippen molar-refractivity contribution < 1.29 is 39.2 Å². The summed E-state index contributed by atoms with van der Waals surface area (Å²) in [6.07, 6.45) is 0.120. The van der Waals surface area contributed by atoms with E-state index in [-0.39, 0.29) is 35.5 Å². The molecule has 3 aliphatic carbocycles. The first kappa shape index (κ1) is 28.5. The third-order valence-electron chi connectivity index (χ3n) is 8.45. The van der Waals surface area contributed by atoms with Crippen molar-refractivity contribution in [2.24, 2.45) is 17.6 Å². The first-order chi connectivity index (χ1) is 19.2. The normalized spacial score (nSPS) is 25.9. The maximum absolute atomic E-state index is 14.6. The lowest BCUT2D eigenvalue weighted by molar-refractivity contribution is -0.153. The van der Waals surface area contributed by atoms with E-state index >= 15 is 0 Å². The number of hydrogen-bond donors (Lipinski definition) is 5. The highest BCUT2D eigenvalue weighted by molar-refractivity contribution is 6.24. The van der Waals surface area contributed by atoms with Crippen molar-refractivity contribution in [3.05, 3.63) is 69.7 Å². The van der Waals surface area contributed by atoms with Gasteiger partial charge < -0.3 is 31.1 Å². The Morgan fingerprint density at radius 1 is 1.10 bits per heavy atom. The molecule has 5 rings (SSSR count). The highest BCUT2D eigenvalue weighted by Crippen LogP contribution is 2.53. The summed E-state index contributed by atoms with van der Waals surface area (Å²) in [5.74, 6) is -7.44. The van der Waals surface area contributed by atoms with Crippen LogP contribution in [0.4, 0.5) is 4.39 Å². The number of aromatic hydroxyl groups is 1. The van der Waals surface area contributed by atoms with Crippen LogP contribution >= 0.6 is 0 Å². The molecule has 4 atom stereocenters. The largest absolute Gasteiger partial charge is 0.508 e. The number of primary amides is 1. The lowest BCUT2D eigenvalue weighted by atomic mass is 9.57. The van der Waals surface area contributed by atoms with Gasteiger partial charge in [0.05, 0.1) is 11.6 Å². The Kier molecular flexibility index (Phi) is 6.80. The molecule has 0 unspecified atom stereocenters. The highest BCUT2D eigenvalue weighted by Gasteiger charge is 2.64. The van der Waals surface area contributed by atoms with Crippen molar-refractivity contribution in [3.63, 3.8) is 0 Å². The van der Waals surface area contributed by atoms with Crippen molar-refractivity contribution in [1.29, 1.82) is 0 Å². The van der Waals surface area contributed by atoms with Crippen LogP contribution < -0.4 is 5.73 Å². The zero-order valence-corrected chi connectivity index (χ0v) is 23.1. The van der Waals surface area contributed by atoms with Crippen LogP contribution in [-0.2, 0) is 27.3 Å². The van der Waals surface area contributed by atoms with Crippen molar-refractivity contribution >= 4 is 23.2 Å². The molecule has 0 aliphatic heterocycles. The molecule has 3 aliphatic rings. The van der Waals surface area contributed by atoms with E-state index in [0.717, 1.165) is 0 Å². The Morgan fingerprint density at radius 3 is 2.39 bits per heavy atom. The molecule has 0 spiro atoms. The molecular formula is C30H32FN3O7. The predicted molar refractivity (Wildman–Crippen MR) is 147 cm³/mol. The van der Waals surface area contributed by atoms with Crippen LogP contribution in [0.2, 0.25) is 0 Å². The molecule has 41 heavy (non-hydrogen) atoms. The van der Waals surface area contributed by atoms with Gasteiger partial charge in [-0.3, -0.25) is 19.3 Å². The van der Waals surface area contributed by atoms with Gasteiger partial charge in [0, 0.05) is 23.6 Å². The molecule has 0 bridgehead atoms. The zero-order chi connectivity index (χ0) is 30.1. The standard InChI is InChI=1S/C30H32FN3O7/c1-33(2)12-15-9-13(5-7-19(15)31)16-6-8-20(35)22-17(16)10-14-11-18-24(34(3)4)26(37)23(29(32)40)28(39)30(18,41)27(38)21(14)25(22)36/h5-9,14,18,24,35-36,39,41H,10-12H2,1-4H3,(H2,32,40)/t14-,18-,24-,30-/m1/s1. The van der Waals surface area contributed by atoms with Gasteiger partial charge in [-0.1, -0.05) is 12.1 Å². The van der Waals surface area contributed by atoms with Gasteiger partial charge >= 0.3 is 0 Å². The molecule has 2 aromatic rings. The minimum absolute atomic E-state index is 0.0164. The number of benzene rings is 2. The Hall–Kier alpha value is -4.06.